The number of aliphatic hydroxyl groups excluding tert-OH is 1. The molecule has 7 N–H and O–H groups in total. The van der Waals surface area contributed by atoms with E-state index >= 15 is 0 Å². The van der Waals surface area contributed by atoms with Crippen LogP contribution in [0.15, 0.2) is 25.3 Å². The zero-order valence-electron chi connectivity index (χ0n) is 24.2. The van der Waals surface area contributed by atoms with Gasteiger partial charge in [-0.1, -0.05) is 12.2 Å². The summed E-state index contributed by atoms with van der Waals surface area (Å²) in [6, 6.07) is 0. The molecule has 24 heteroatoms. The van der Waals surface area contributed by atoms with Gasteiger partial charge in [-0.05, 0) is 18.7 Å². The van der Waals surface area contributed by atoms with Crippen molar-refractivity contribution in [1.82, 2.24) is 39.0 Å². The number of fused-ring (bicyclic) bond motifs is 2. The quantitative estimate of drug-likeness (QED) is 0.0939. The van der Waals surface area contributed by atoms with Crippen LogP contribution in [0, 0.1) is 5.92 Å². The summed E-state index contributed by atoms with van der Waals surface area (Å²) < 4.78 is 50.3. The first-order chi connectivity index (χ1) is 22.2. The second-order valence-corrected chi connectivity index (χ2v) is 17.5. The molecule has 0 bridgehead atoms. The fraction of sp³-hybridized carbons (Fsp3) is 0.565. The number of ether oxygens (including phenoxy) is 3. The predicted octanol–water partition coefficient (Wildman–Crippen LogP) is 0.199. The molecule has 4 fully saturated rings. The lowest BCUT2D eigenvalue weighted by atomic mass is 9.54. The number of hydrogen-bond acceptors (Lipinski definition) is 17. The summed E-state index contributed by atoms with van der Waals surface area (Å²) in [5.41, 5.74) is 11.9. The maximum absolute atomic E-state index is 11.7. The summed E-state index contributed by atoms with van der Waals surface area (Å²) in [6.45, 7) is -7.11. The maximum atomic E-state index is 11.7. The lowest BCUT2D eigenvalue weighted by Crippen LogP contribution is -2.75. The third kappa shape index (κ3) is 5.09. The van der Waals surface area contributed by atoms with E-state index in [0.29, 0.717) is 17.6 Å². The van der Waals surface area contributed by atoms with Gasteiger partial charge in [0.05, 0.1) is 37.4 Å². The largest absolute Gasteiger partial charge is 0.387 e. The van der Waals surface area contributed by atoms with Crippen LogP contribution in [0.2, 0.25) is 0 Å². The van der Waals surface area contributed by atoms with Crippen LogP contribution >= 0.6 is 25.8 Å². The van der Waals surface area contributed by atoms with Crippen molar-refractivity contribution < 1.29 is 47.2 Å². The Morgan fingerprint density at radius 3 is 2.23 bits per heavy atom. The highest BCUT2D eigenvalue weighted by Gasteiger charge is 2.80. The van der Waals surface area contributed by atoms with Gasteiger partial charge >= 0.3 is 13.5 Å². The van der Waals surface area contributed by atoms with Gasteiger partial charge in [0.2, 0.25) is 0 Å². The van der Waals surface area contributed by atoms with Gasteiger partial charge in [-0.25, -0.2) is 34.5 Å². The number of hydrogen-bond donors (Lipinski definition) is 6. The molecular formula is C23H28N10O10P2S2. The molecule has 3 aliphatic heterocycles. The van der Waals surface area contributed by atoms with Gasteiger partial charge in [-0.2, -0.15) is 0 Å². The first kappa shape index (κ1) is 31.8. The van der Waals surface area contributed by atoms with Crippen LogP contribution in [0.5, 0.6) is 0 Å². The van der Waals surface area contributed by atoms with Crippen molar-refractivity contribution >= 4 is 71.5 Å². The van der Waals surface area contributed by atoms with Gasteiger partial charge in [0.15, 0.2) is 35.4 Å². The highest BCUT2D eigenvalue weighted by atomic mass is 32.7. The summed E-state index contributed by atoms with van der Waals surface area (Å²) in [4.78, 5) is 45.8. The Balaban J connectivity index is 1.03. The minimum atomic E-state index is -4.23. The Labute approximate surface area is 274 Å². The molecule has 4 aromatic rings. The van der Waals surface area contributed by atoms with E-state index < -0.39 is 62.1 Å². The van der Waals surface area contributed by atoms with E-state index in [1.807, 2.05) is 6.92 Å². The molecule has 0 aromatic carbocycles. The number of nitrogen functional groups attached to an aromatic ring is 2. The van der Waals surface area contributed by atoms with Crippen molar-refractivity contribution in [2.45, 2.75) is 61.4 Å². The van der Waals surface area contributed by atoms with E-state index in [-0.39, 0.29) is 41.4 Å². The van der Waals surface area contributed by atoms with Crippen LogP contribution in [0.4, 0.5) is 11.6 Å². The molecule has 3 saturated heterocycles. The summed E-state index contributed by atoms with van der Waals surface area (Å²) in [5, 5.41) is 11.2. The van der Waals surface area contributed by atoms with Crippen molar-refractivity contribution in [3.05, 3.63) is 25.3 Å². The van der Waals surface area contributed by atoms with Crippen LogP contribution in [-0.4, -0.2) is 103 Å². The number of nitrogens with two attached hydrogens (primary N) is 2. The smallest absolute Gasteiger partial charge is 0.383 e. The van der Waals surface area contributed by atoms with Crippen LogP contribution in [0.25, 0.3) is 22.3 Å². The zero-order chi connectivity index (χ0) is 33.1. The summed E-state index contributed by atoms with van der Waals surface area (Å²) >= 11 is 8.93. The predicted molar refractivity (Wildman–Crippen MR) is 166 cm³/mol. The average molecular weight is 731 g/mol. The molecule has 1 aliphatic carbocycles. The number of nitrogens with zero attached hydrogens (tertiary/aromatic N) is 8. The monoisotopic (exact) mass is 730 g/mol. The topological polar surface area (TPSA) is 272 Å². The molecule has 20 nitrogen and oxygen atoms in total. The van der Waals surface area contributed by atoms with Gasteiger partial charge in [-0.3, -0.25) is 18.2 Å². The molecule has 252 valence electrons. The Hall–Kier alpha value is -2.43. The fourth-order valence-electron chi connectivity index (χ4n) is 7.19. The van der Waals surface area contributed by atoms with E-state index in [4.69, 9.17) is 51.1 Å². The minimum absolute atomic E-state index is 0.0936. The molecule has 0 radical (unpaired) electrons. The zero-order valence-corrected chi connectivity index (χ0v) is 27.7. The molecule has 7 heterocycles. The van der Waals surface area contributed by atoms with E-state index in [1.54, 1.807) is 10.9 Å². The SMILES string of the molecule is C[C@@]12C[C@]3(COP(O)(=S)O[C@@H]4[C@H](O)[C@@H](COP(=O)(O)S)O[C@H]4n4cnc5c(N)ncnc54)O[C@@H](n4cnc5c(N)ncnc54)[C@H](O1)[C@@H]32. The first-order valence-corrected chi connectivity index (χ1v) is 19.4. The molecule has 47 heavy (non-hydrogen) atoms. The normalized spacial score (nSPS) is 36.9. The first-order valence-electron chi connectivity index (χ1n) is 14.1. The molecule has 11 atom stereocenters. The lowest BCUT2D eigenvalue weighted by molar-refractivity contribution is -0.334. The summed E-state index contributed by atoms with van der Waals surface area (Å²) in [7, 11) is 0. The second-order valence-electron chi connectivity index (χ2n) is 11.9. The number of rotatable bonds is 10. The third-order valence-electron chi connectivity index (χ3n) is 9.01. The number of aliphatic hydroxyl groups is 1. The van der Waals surface area contributed by atoms with Crippen LogP contribution in [0.1, 0.15) is 25.8 Å². The van der Waals surface area contributed by atoms with Gasteiger partial charge in [0, 0.05) is 6.42 Å². The molecular weight excluding hydrogens is 702 g/mol. The fourth-order valence-corrected chi connectivity index (χ4v) is 9.17. The van der Waals surface area contributed by atoms with E-state index in [2.05, 4.69) is 42.2 Å². The number of imidazole rings is 2. The number of aromatic nitrogens is 8. The van der Waals surface area contributed by atoms with Gasteiger partial charge in [-0.15, -0.1) is 0 Å². The standard InChI is InChI=1S/C23H28N10O10P2S2/c1-22-3-23(15(22)14(41-22)21(42-23)33-8-31-11-17(25)27-6-29-19(11)33)4-39-45(37,47)43-13-12(34)9(2-38-44(35,36)46)40-20(13)32-7-30-10-16(24)26-5-28-18(10)32/h5-9,12-15,20-21,34H,2-4H2,1H3,(H,37,47)(H2,24,26,28)(H2,25,27,29)(H2,35,36,46)/t9-,12-,13-,14-,15-,20-,21-,22+,23-,45?/m1/s1. The van der Waals surface area contributed by atoms with E-state index in [1.165, 1.54) is 23.5 Å². The Bertz CT molecular complexity index is 2000. The summed E-state index contributed by atoms with van der Waals surface area (Å²) in [6.07, 6.45) is -0.431. The van der Waals surface area contributed by atoms with Crippen molar-refractivity contribution in [1.29, 1.82) is 0 Å². The Kier molecular flexibility index (Phi) is 7.30. The molecule has 2 unspecified atom stereocenters. The highest BCUT2D eigenvalue weighted by molar-refractivity contribution is 8.44. The molecule has 4 aromatic heterocycles. The maximum Gasteiger partial charge on any atom is 0.383 e. The van der Waals surface area contributed by atoms with Crippen LogP contribution in [0.3, 0.4) is 0 Å². The van der Waals surface area contributed by atoms with Gasteiger partial charge in [0.25, 0.3) is 0 Å². The van der Waals surface area contributed by atoms with E-state index in [0.717, 1.165) is 0 Å². The van der Waals surface area contributed by atoms with Crippen LogP contribution in [-0.2, 0) is 44.2 Å². The Morgan fingerprint density at radius 1 is 1.02 bits per heavy atom. The van der Waals surface area contributed by atoms with Crippen LogP contribution < -0.4 is 11.5 Å². The number of anilines is 2. The molecule has 4 aliphatic rings. The highest BCUT2D eigenvalue weighted by Crippen LogP contribution is 2.70. The third-order valence-corrected chi connectivity index (χ3v) is 11.4. The van der Waals surface area contributed by atoms with Crippen molar-refractivity contribution in [2.75, 3.05) is 24.7 Å². The molecule has 8 rings (SSSR count). The number of thiol groups is 1. The molecule has 0 spiro atoms. The lowest BCUT2D eigenvalue weighted by Gasteiger charge is -2.64. The van der Waals surface area contributed by atoms with Crippen molar-refractivity contribution in [3.8, 4) is 0 Å². The second kappa shape index (κ2) is 10.8. The van der Waals surface area contributed by atoms with Gasteiger partial charge in [0.1, 0.15) is 53.7 Å². The van der Waals surface area contributed by atoms with Crippen molar-refractivity contribution in [2.24, 2.45) is 5.92 Å². The molecule has 0 amide bonds. The minimum Gasteiger partial charge on any atom is -0.387 e. The average Bonchev–Trinajstić information content (AvgIpc) is 3.71. The van der Waals surface area contributed by atoms with E-state index in [9.17, 15) is 19.5 Å². The summed E-state index contributed by atoms with van der Waals surface area (Å²) in [5.74, 6) is 0.210. The van der Waals surface area contributed by atoms with Crippen molar-refractivity contribution in [3.63, 3.8) is 0 Å². The molecule has 1 saturated carbocycles. The Morgan fingerprint density at radius 2 is 1.64 bits per heavy atom. The van der Waals surface area contributed by atoms with Gasteiger partial charge < -0.3 is 45.1 Å².